The fraction of sp³-hybridized carbons (Fsp3) is 0.353. The zero-order valence-corrected chi connectivity index (χ0v) is 13.7. The van der Waals surface area contributed by atoms with E-state index in [9.17, 15) is 4.79 Å². The Hall–Kier alpha value is -2.67. The Morgan fingerprint density at radius 2 is 2.12 bits per heavy atom. The van der Waals surface area contributed by atoms with Gasteiger partial charge >= 0.3 is 5.63 Å². The average molecular weight is 330 g/mol. The van der Waals surface area contributed by atoms with Crippen LogP contribution in [0.1, 0.15) is 37.2 Å². The minimum Gasteiger partial charge on any atom is -0.484 e. The third-order valence-electron chi connectivity index (χ3n) is 3.55. The van der Waals surface area contributed by atoms with Crippen LogP contribution in [0.15, 0.2) is 38.0 Å². The first-order valence-corrected chi connectivity index (χ1v) is 7.68. The van der Waals surface area contributed by atoms with Crippen LogP contribution in [0.3, 0.4) is 0 Å². The summed E-state index contributed by atoms with van der Waals surface area (Å²) in [4.78, 5) is 15.7. The van der Waals surface area contributed by atoms with Gasteiger partial charge in [0.2, 0.25) is 0 Å². The molecule has 0 aliphatic heterocycles. The van der Waals surface area contributed by atoms with Crippen LogP contribution >= 0.6 is 0 Å². The van der Waals surface area contributed by atoms with E-state index in [-0.39, 0.29) is 18.3 Å². The summed E-state index contributed by atoms with van der Waals surface area (Å²) in [5.74, 6) is 1.38. The van der Waals surface area contributed by atoms with Gasteiger partial charge in [-0.1, -0.05) is 5.16 Å². The minimum absolute atomic E-state index is 0.118. The zero-order chi connectivity index (χ0) is 17.1. The van der Waals surface area contributed by atoms with Gasteiger partial charge in [-0.15, -0.1) is 0 Å². The summed E-state index contributed by atoms with van der Waals surface area (Å²) in [5.41, 5.74) is 0.955. The third kappa shape index (κ3) is 3.46. The number of aromatic nitrogens is 2. The van der Waals surface area contributed by atoms with Crippen molar-refractivity contribution >= 4 is 11.0 Å². The fourth-order valence-corrected chi connectivity index (χ4v) is 2.36. The summed E-state index contributed by atoms with van der Waals surface area (Å²) >= 11 is 0. The lowest BCUT2D eigenvalue weighted by Gasteiger charge is -2.06. The van der Waals surface area contributed by atoms with E-state index in [4.69, 9.17) is 18.4 Å². The van der Waals surface area contributed by atoms with Gasteiger partial charge < -0.3 is 18.4 Å². The van der Waals surface area contributed by atoms with E-state index in [2.05, 4.69) is 10.1 Å². The zero-order valence-electron chi connectivity index (χ0n) is 13.7. The molecule has 0 aliphatic carbocycles. The van der Waals surface area contributed by atoms with E-state index in [1.165, 1.54) is 6.07 Å². The van der Waals surface area contributed by atoms with Crippen LogP contribution in [0.5, 0.6) is 5.75 Å². The maximum atomic E-state index is 11.5. The molecule has 0 N–H and O–H groups in total. The van der Waals surface area contributed by atoms with E-state index in [1.54, 1.807) is 12.1 Å². The van der Waals surface area contributed by atoms with Gasteiger partial charge in [-0.2, -0.15) is 4.98 Å². The number of aryl methyl sites for hydroxylation is 1. The van der Waals surface area contributed by atoms with Crippen LogP contribution in [0.4, 0.5) is 0 Å². The Morgan fingerprint density at radius 3 is 2.92 bits per heavy atom. The van der Waals surface area contributed by atoms with Crippen molar-refractivity contribution in [3.05, 3.63) is 52.0 Å². The van der Waals surface area contributed by atoms with Crippen molar-refractivity contribution in [3.63, 3.8) is 0 Å². The molecular weight excluding hydrogens is 312 g/mol. The number of benzene rings is 1. The first-order chi connectivity index (χ1) is 11.6. The van der Waals surface area contributed by atoms with Crippen molar-refractivity contribution < 1.29 is 18.4 Å². The highest BCUT2D eigenvalue weighted by molar-refractivity contribution is 5.81. The van der Waals surface area contributed by atoms with Crippen molar-refractivity contribution in [2.24, 2.45) is 0 Å². The molecule has 1 unspecified atom stereocenters. The van der Waals surface area contributed by atoms with Crippen LogP contribution in [-0.4, -0.2) is 16.7 Å². The number of hydrogen-bond donors (Lipinski definition) is 0. The van der Waals surface area contributed by atoms with Gasteiger partial charge in [-0.3, -0.25) is 0 Å². The highest BCUT2D eigenvalue weighted by Gasteiger charge is 2.14. The Kier molecular flexibility index (Phi) is 4.61. The Morgan fingerprint density at radius 1 is 1.29 bits per heavy atom. The van der Waals surface area contributed by atoms with E-state index in [0.29, 0.717) is 29.7 Å². The monoisotopic (exact) mass is 330 g/mol. The highest BCUT2D eigenvalue weighted by atomic mass is 16.5. The molecule has 1 aromatic carbocycles. The van der Waals surface area contributed by atoms with E-state index in [1.807, 2.05) is 26.8 Å². The first kappa shape index (κ1) is 16.2. The van der Waals surface area contributed by atoms with Crippen LogP contribution in [0, 0.1) is 6.92 Å². The topological polar surface area (TPSA) is 87.6 Å². The lowest BCUT2D eigenvalue weighted by atomic mass is 10.1. The summed E-state index contributed by atoms with van der Waals surface area (Å²) in [5, 5.41) is 4.74. The van der Waals surface area contributed by atoms with Crippen LogP contribution in [0.25, 0.3) is 11.0 Å². The highest BCUT2D eigenvalue weighted by Crippen LogP contribution is 2.23. The maximum Gasteiger partial charge on any atom is 0.336 e. The van der Waals surface area contributed by atoms with Gasteiger partial charge in [-0.25, -0.2) is 4.79 Å². The van der Waals surface area contributed by atoms with Gasteiger partial charge in [0, 0.05) is 24.1 Å². The Balaban J connectivity index is 1.73. The molecule has 126 valence electrons. The summed E-state index contributed by atoms with van der Waals surface area (Å²) in [6.45, 7) is 6.31. The van der Waals surface area contributed by atoms with Crippen molar-refractivity contribution in [2.75, 3.05) is 6.61 Å². The van der Waals surface area contributed by atoms with E-state index < -0.39 is 0 Å². The molecule has 1 atom stereocenters. The predicted molar refractivity (Wildman–Crippen MR) is 85.9 cm³/mol. The Bertz CT molecular complexity index is 899. The number of ether oxygens (including phenoxy) is 2. The van der Waals surface area contributed by atoms with Crippen molar-refractivity contribution in [1.82, 2.24) is 10.1 Å². The number of rotatable bonds is 6. The number of hydrogen-bond acceptors (Lipinski definition) is 7. The molecule has 7 nitrogen and oxygen atoms in total. The predicted octanol–water partition coefficient (Wildman–Crippen LogP) is 3.16. The van der Waals surface area contributed by atoms with Crippen LogP contribution < -0.4 is 10.4 Å². The molecule has 24 heavy (non-hydrogen) atoms. The van der Waals surface area contributed by atoms with Gasteiger partial charge in [0.15, 0.2) is 12.4 Å². The molecule has 2 aromatic heterocycles. The summed E-state index contributed by atoms with van der Waals surface area (Å²) in [6, 6.07) is 6.78. The van der Waals surface area contributed by atoms with Crippen molar-refractivity contribution in [2.45, 2.75) is 33.5 Å². The summed E-state index contributed by atoms with van der Waals surface area (Å²) < 4.78 is 21.4. The SMILES string of the molecule is CCOC(C)c1noc(COc2ccc3c(C)cc(=O)oc3c2)n1. The second-order valence-corrected chi connectivity index (χ2v) is 5.34. The maximum absolute atomic E-state index is 11.5. The molecular formula is C17H18N2O5. The lowest BCUT2D eigenvalue weighted by Crippen LogP contribution is -2.02. The summed E-state index contributed by atoms with van der Waals surface area (Å²) in [6.07, 6.45) is -0.231. The molecule has 0 bridgehead atoms. The molecule has 0 amide bonds. The molecule has 0 aliphatic rings. The van der Waals surface area contributed by atoms with Crippen LogP contribution in [0.2, 0.25) is 0 Å². The second kappa shape index (κ2) is 6.84. The van der Waals surface area contributed by atoms with E-state index in [0.717, 1.165) is 10.9 Å². The van der Waals surface area contributed by atoms with Gasteiger partial charge in [0.25, 0.3) is 5.89 Å². The van der Waals surface area contributed by atoms with Gasteiger partial charge in [-0.05, 0) is 38.5 Å². The van der Waals surface area contributed by atoms with Crippen LogP contribution in [-0.2, 0) is 11.3 Å². The van der Waals surface area contributed by atoms with Crippen molar-refractivity contribution in [1.29, 1.82) is 0 Å². The first-order valence-electron chi connectivity index (χ1n) is 7.68. The molecule has 0 radical (unpaired) electrons. The number of fused-ring (bicyclic) bond motifs is 1. The molecule has 3 aromatic rings. The lowest BCUT2D eigenvalue weighted by molar-refractivity contribution is 0.0683. The standard InChI is InChI=1S/C17H18N2O5/c1-4-21-11(3)17-18-15(24-19-17)9-22-12-5-6-13-10(2)7-16(20)23-14(13)8-12/h5-8,11H,4,9H2,1-3H3. The fourth-order valence-electron chi connectivity index (χ4n) is 2.36. The molecule has 0 fully saturated rings. The molecule has 3 rings (SSSR count). The van der Waals surface area contributed by atoms with Gasteiger partial charge in [0.05, 0.1) is 0 Å². The molecule has 2 heterocycles. The molecule has 0 saturated carbocycles. The smallest absolute Gasteiger partial charge is 0.336 e. The van der Waals surface area contributed by atoms with Crippen molar-refractivity contribution in [3.8, 4) is 5.75 Å². The average Bonchev–Trinajstić information content (AvgIpc) is 3.01. The second-order valence-electron chi connectivity index (χ2n) is 5.34. The Labute approximate surface area is 138 Å². The molecule has 0 spiro atoms. The largest absolute Gasteiger partial charge is 0.484 e. The molecule has 0 saturated heterocycles. The summed E-state index contributed by atoms with van der Waals surface area (Å²) in [7, 11) is 0. The third-order valence-corrected chi connectivity index (χ3v) is 3.55. The quantitative estimate of drug-likeness (QED) is 0.641. The van der Waals surface area contributed by atoms with E-state index >= 15 is 0 Å². The minimum atomic E-state index is -0.386. The van der Waals surface area contributed by atoms with Gasteiger partial charge in [0.1, 0.15) is 17.4 Å². The normalized spacial score (nSPS) is 12.5. The molecule has 7 heteroatoms. The number of nitrogens with zero attached hydrogens (tertiary/aromatic N) is 2.